The summed E-state index contributed by atoms with van der Waals surface area (Å²) >= 11 is 1.08. The molecule has 1 atom stereocenters. The molecular formula is C14H13F3N4O3S. The second kappa shape index (κ2) is 7.13. The minimum Gasteiger partial charge on any atom is -0.329 e. The Bertz CT molecular complexity index is 807. The van der Waals surface area contributed by atoms with Crippen LogP contribution in [0.25, 0.3) is 0 Å². The number of hydrogen-bond acceptors (Lipinski definition) is 5. The quantitative estimate of drug-likeness (QED) is 0.492. The van der Waals surface area contributed by atoms with Gasteiger partial charge in [-0.15, -0.1) is 0 Å². The van der Waals surface area contributed by atoms with E-state index in [0.717, 1.165) is 23.9 Å². The van der Waals surface area contributed by atoms with Gasteiger partial charge in [-0.1, -0.05) is 11.8 Å². The summed E-state index contributed by atoms with van der Waals surface area (Å²) < 4.78 is 41.0. The van der Waals surface area contributed by atoms with Gasteiger partial charge in [0.2, 0.25) is 5.91 Å². The van der Waals surface area contributed by atoms with E-state index in [-0.39, 0.29) is 0 Å². The van der Waals surface area contributed by atoms with Crippen LogP contribution in [-0.2, 0) is 18.0 Å². The summed E-state index contributed by atoms with van der Waals surface area (Å²) in [4.78, 5) is 25.9. The Morgan fingerprint density at radius 1 is 1.44 bits per heavy atom. The molecule has 1 amide bonds. The van der Waals surface area contributed by atoms with Gasteiger partial charge >= 0.3 is 6.18 Å². The number of halogens is 3. The molecule has 2 rings (SSSR count). The fourth-order valence-corrected chi connectivity index (χ4v) is 2.73. The van der Waals surface area contributed by atoms with Gasteiger partial charge in [-0.2, -0.15) is 13.2 Å². The Labute approximate surface area is 144 Å². The number of imidazole rings is 1. The van der Waals surface area contributed by atoms with Crippen LogP contribution in [0.4, 0.5) is 24.5 Å². The number of aromatic nitrogens is 2. The molecule has 1 N–H and O–H groups in total. The molecule has 0 aliphatic carbocycles. The number of nitro benzene ring substituents is 1. The van der Waals surface area contributed by atoms with E-state index in [2.05, 4.69) is 10.3 Å². The Morgan fingerprint density at radius 3 is 2.64 bits per heavy atom. The molecule has 1 aromatic carbocycles. The molecule has 7 nitrogen and oxygen atoms in total. The first-order chi connectivity index (χ1) is 11.6. The highest BCUT2D eigenvalue weighted by atomic mass is 32.2. The van der Waals surface area contributed by atoms with Crippen molar-refractivity contribution in [3.63, 3.8) is 0 Å². The molecule has 1 aromatic heterocycles. The average Bonchev–Trinajstić information content (AvgIpc) is 2.91. The molecule has 2 aromatic rings. The van der Waals surface area contributed by atoms with Gasteiger partial charge in [0.15, 0.2) is 5.16 Å². The maximum Gasteiger partial charge on any atom is 0.418 e. The zero-order valence-electron chi connectivity index (χ0n) is 13.1. The molecule has 0 aliphatic rings. The maximum atomic E-state index is 13.1. The van der Waals surface area contributed by atoms with Gasteiger partial charge in [-0.3, -0.25) is 14.9 Å². The number of amides is 1. The van der Waals surface area contributed by atoms with Crippen molar-refractivity contribution in [1.29, 1.82) is 0 Å². The smallest absolute Gasteiger partial charge is 0.329 e. The van der Waals surface area contributed by atoms with Gasteiger partial charge in [0.05, 0.1) is 21.4 Å². The molecule has 11 heteroatoms. The van der Waals surface area contributed by atoms with Crippen LogP contribution in [0.1, 0.15) is 12.5 Å². The van der Waals surface area contributed by atoms with Crippen molar-refractivity contribution in [2.45, 2.75) is 23.5 Å². The van der Waals surface area contributed by atoms with Crippen LogP contribution >= 0.6 is 11.8 Å². The van der Waals surface area contributed by atoms with E-state index in [1.807, 2.05) is 0 Å². The number of nitro groups is 1. The van der Waals surface area contributed by atoms with Crippen molar-refractivity contribution in [2.24, 2.45) is 7.05 Å². The molecule has 1 heterocycles. The van der Waals surface area contributed by atoms with Crippen LogP contribution in [0.15, 0.2) is 35.7 Å². The molecule has 0 radical (unpaired) electrons. The van der Waals surface area contributed by atoms with Gasteiger partial charge in [0.25, 0.3) is 5.69 Å². The summed E-state index contributed by atoms with van der Waals surface area (Å²) in [5.74, 6) is -0.674. The third-order valence-electron chi connectivity index (χ3n) is 3.21. The zero-order valence-corrected chi connectivity index (χ0v) is 13.9. The van der Waals surface area contributed by atoms with E-state index in [0.29, 0.717) is 11.2 Å². The highest BCUT2D eigenvalue weighted by molar-refractivity contribution is 8.00. The average molecular weight is 374 g/mol. The number of non-ortho nitro benzene ring substituents is 1. The Hall–Kier alpha value is -2.56. The predicted molar refractivity (Wildman–Crippen MR) is 85.3 cm³/mol. The number of aryl methyl sites for hydroxylation is 1. The van der Waals surface area contributed by atoms with Crippen molar-refractivity contribution < 1.29 is 22.9 Å². The van der Waals surface area contributed by atoms with Crippen molar-refractivity contribution in [2.75, 3.05) is 5.32 Å². The van der Waals surface area contributed by atoms with Gasteiger partial charge in [0.1, 0.15) is 0 Å². The number of carbonyl (C=O) groups is 1. The SMILES string of the molecule is C[C@H](Sc1nccn1C)C(=O)Nc1ccc([N+](=O)[O-])cc1C(F)(F)F. The molecule has 0 saturated heterocycles. The number of thioether (sulfide) groups is 1. The standard InChI is InChI=1S/C14H13F3N4O3S/c1-8(25-13-18-5-6-20(13)2)12(22)19-11-4-3-9(21(23)24)7-10(11)14(15,16)17/h3-8H,1-2H3,(H,19,22)/t8-/m0/s1. The number of nitrogens with one attached hydrogen (secondary N) is 1. The second-order valence-corrected chi connectivity index (χ2v) is 6.36. The van der Waals surface area contributed by atoms with Crippen LogP contribution in [-0.4, -0.2) is 25.6 Å². The summed E-state index contributed by atoms with van der Waals surface area (Å²) in [7, 11) is 1.72. The lowest BCUT2D eigenvalue weighted by atomic mass is 10.1. The number of rotatable bonds is 5. The lowest BCUT2D eigenvalue weighted by Gasteiger charge is -2.16. The Kier molecular flexibility index (Phi) is 5.36. The minimum absolute atomic E-state index is 0.395. The zero-order chi connectivity index (χ0) is 18.8. The first kappa shape index (κ1) is 18.8. The molecular weight excluding hydrogens is 361 g/mol. The van der Waals surface area contributed by atoms with E-state index < -0.39 is 39.2 Å². The highest BCUT2D eigenvalue weighted by Crippen LogP contribution is 2.37. The number of hydrogen-bond donors (Lipinski definition) is 1. The fourth-order valence-electron chi connectivity index (χ4n) is 1.90. The second-order valence-electron chi connectivity index (χ2n) is 5.05. The van der Waals surface area contributed by atoms with Crippen molar-refractivity contribution in [3.8, 4) is 0 Å². The molecule has 25 heavy (non-hydrogen) atoms. The highest BCUT2D eigenvalue weighted by Gasteiger charge is 2.36. The monoisotopic (exact) mass is 374 g/mol. The number of alkyl halides is 3. The molecule has 0 spiro atoms. The summed E-state index contributed by atoms with van der Waals surface area (Å²) in [6.45, 7) is 1.52. The van der Waals surface area contributed by atoms with Gasteiger partial charge < -0.3 is 9.88 Å². The number of carbonyl (C=O) groups excluding carboxylic acids is 1. The van der Waals surface area contributed by atoms with Crippen LogP contribution in [0.2, 0.25) is 0 Å². The van der Waals surface area contributed by atoms with Crippen LogP contribution in [0.3, 0.4) is 0 Å². The first-order valence-electron chi connectivity index (χ1n) is 6.90. The van der Waals surface area contributed by atoms with E-state index in [4.69, 9.17) is 0 Å². The molecule has 134 valence electrons. The van der Waals surface area contributed by atoms with Gasteiger partial charge in [-0.05, 0) is 13.0 Å². The summed E-state index contributed by atoms with van der Waals surface area (Å²) in [6, 6.07) is 2.17. The van der Waals surface area contributed by atoms with Crippen molar-refractivity contribution in [3.05, 3.63) is 46.3 Å². The van der Waals surface area contributed by atoms with E-state index in [9.17, 15) is 28.1 Å². The van der Waals surface area contributed by atoms with Gasteiger partial charge in [0, 0.05) is 31.6 Å². The molecule has 0 aliphatic heterocycles. The largest absolute Gasteiger partial charge is 0.418 e. The molecule has 0 unspecified atom stereocenters. The predicted octanol–water partition coefficient (Wildman–Crippen LogP) is 3.47. The normalized spacial score (nSPS) is 12.7. The molecule has 0 fully saturated rings. The lowest BCUT2D eigenvalue weighted by molar-refractivity contribution is -0.385. The number of nitrogens with zero attached hydrogens (tertiary/aromatic N) is 3. The Morgan fingerprint density at radius 2 is 2.12 bits per heavy atom. The maximum absolute atomic E-state index is 13.1. The molecule has 0 bridgehead atoms. The number of anilines is 1. The van der Waals surface area contributed by atoms with Crippen molar-refractivity contribution >= 4 is 29.0 Å². The summed E-state index contributed by atoms with van der Waals surface area (Å²) in [6.07, 6.45) is -1.64. The first-order valence-corrected chi connectivity index (χ1v) is 7.78. The number of benzene rings is 1. The van der Waals surface area contributed by atoms with E-state index in [1.165, 1.54) is 13.1 Å². The van der Waals surface area contributed by atoms with E-state index in [1.54, 1.807) is 17.8 Å². The minimum atomic E-state index is -4.84. The third-order valence-corrected chi connectivity index (χ3v) is 4.38. The summed E-state index contributed by atoms with van der Waals surface area (Å²) in [5, 5.41) is 12.7. The third kappa shape index (κ3) is 4.50. The fraction of sp³-hybridized carbons (Fsp3) is 0.286. The molecule has 0 saturated carbocycles. The van der Waals surface area contributed by atoms with Crippen LogP contribution < -0.4 is 5.32 Å². The van der Waals surface area contributed by atoms with Gasteiger partial charge in [-0.25, -0.2) is 4.98 Å². The van der Waals surface area contributed by atoms with Crippen LogP contribution in [0.5, 0.6) is 0 Å². The van der Waals surface area contributed by atoms with E-state index >= 15 is 0 Å². The topological polar surface area (TPSA) is 90.1 Å². The van der Waals surface area contributed by atoms with Crippen molar-refractivity contribution in [1.82, 2.24) is 9.55 Å². The lowest BCUT2D eigenvalue weighted by Crippen LogP contribution is -2.24. The van der Waals surface area contributed by atoms with Crippen LogP contribution in [0, 0.1) is 10.1 Å². The summed E-state index contributed by atoms with van der Waals surface area (Å²) in [5.41, 5.74) is -2.51. The Balaban J connectivity index is 2.22.